The zero-order valence-electron chi connectivity index (χ0n) is 13.8. The number of hydrogen-bond donors (Lipinski definition) is 1. The van der Waals surface area contributed by atoms with Crippen LogP contribution in [-0.2, 0) is 11.2 Å². The van der Waals surface area contributed by atoms with E-state index in [0.717, 1.165) is 16.8 Å². The van der Waals surface area contributed by atoms with Crippen molar-refractivity contribution in [1.29, 1.82) is 0 Å². The van der Waals surface area contributed by atoms with Crippen molar-refractivity contribution in [3.05, 3.63) is 52.7 Å². The summed E-state index contributed by atoms with van der Waals surface area (Å²) in [6, 6.07) is 4.30. The zero-order valence-corrected chi connectivity index (χ0v) is 13.8. The molecule has 1 amide bonds. The van der Waals surface area contributed by atoms with Gasteiger partial charge in [0.2, 0.25) is 5.91 Å². The molecule has 2 heterocycles. The van der Waals surface area contributed by atoms with Gasteiger partial charge in [-0.2, -0.15) is 5.10 Å². The molecule has 0 saturated carbocycles. The van der Waals surface area contributed by atoms with E-state index in [-0.39, 0.29) is 11.7 Å². The first-order valence-electron chi connectivity index (χ1n) is 7.68. The van der Waals surface area contributed by atoms with Gasteiger partial charge < -0.3 is 5.32 Å². The van der Waals surface area contributed by atoms with Crippen LogP contribution in [0.1, 0.15) is 28.8 Å². The molecule has 3 aromatic rings. The highest BCUT2D eigenvalue weighted by atomic mass is 19.1. The molecule has 0 fully saturated rings. The molecule has 6 nitrogen and oxygen atoms in total. The number of aryl methyl sites for hydroxylation is 3. The predicted octanol–water partition coefficient (Wildman–Crippen LogP) is 2.76. The van der Waals surface area contributed by atoms with Gasteiger partial charge in [0, 0.05) is 17.7 Å². The standard InChI is InChI=1S/C17H18FN5O/c1-10-8-13(18)4-6-15(10)20-16(24)7-5-14-11(2)17-21-19-9-23(17)22-12(14)3/h4,6,8-9H,5,7H2,1-3H3,(H,20,24). The van der Waals surface area contributed by atoms with Gasteiger partial charge in [0.1, 0.15) is 12.1 Å². The van der Waals surface area contributed by atoms with E-state index in [1.54, 1.807) is 23.8 Å². The first-order chi connectivity index (χ1) is 11.5. The van der Waals surface area contributed by atoms with Gasteiger partial charge in [0.15, 0.2) is 5.65 Å². The van der Waals surface area contributed by atoms with Gasteiger partial charge in [0.25, 0.3) is 0 Å². The molecule has 24 heavy (non-hydrogen) atoms. The van der Waals surface area contributed by atoms with Gasteiger partial charge in [-0.25, -0.2) is 8.91 Å². The Labute approximate surface area is 138 Å². The normalized spacial score (nSPS) is 11.0. The summed E-state index contributed by atoms with van der Waals surface area (Å²) in [5.74, 6) is -0.436. The van der Waals surface area contributed by atoms with Gasteiger partial charge in [-0.3, -0.25) is 4.79 Å². The molecule has 7 heteroatoms. The number of hydrogen-bond acceptors (Lipinski definition) is 4. The average Bonchev–Trinajstić information content (AvgIpc) is 2.98. The third kappa shape index (κ3) is 3.10. The topological polar surface area (TPSA) is 72.2 Å². The van der Waals surface area contributed by atoms with Gasteiger partial charge in [0.05, 0.1) is 5.69 Å². The van der Waals surface area contributed by atoms with Crippen molar-refractivity contribution >= 4 is 17.2 Å². The molecule has 0 saturated heterocycles. The Bertz CT molecular complexity index is 919. The lowest BCUT2D eigenvalue weighted by Gasteiger charge is -2.11. The number of aromatic nitrogens is 4. The number of nitrogens with one attached hydrogen (secondary N) is 1. The van der Waals surface area contributed by atoms with Crippen LogP contribution in [0.3, 0.4) is 0 Å². The second-order valence-electron chi connectivity index (χ2n) is 5.80. The lowest BCUT2D eigenvalue weighted by molar-refractivity contribution is -0.116. The summed E-state index contributed by atoms with van der Waals surface area (Å²) in [5.41, 5.74) is 4.85. The van der Waals surface area contributed by atoms with E-state index in [1.807, 2.05) is 13.8 Å². The van der Waals surface area contributed by atoms with Crippen molar-refractivity contribution in [2.24, 2.45) is 0 Å². The molecule has 0 spiro atoms. The van der Waals surface area contributed by atoms with E-state index < -0.39 is 0 Å². The maximum atomic E-state index is 13.1. The predicted molar refractivity (Wildman–Crippen MR) is 88.3 cm³/mol. The SMILES string of the molecule is Cc1cc(F)ccc1NC(=O)CCc1c(C)nn2cnnc2c1C. The van der Waals surface area contributed by atoms with Crippen LogP contribution < -0.4 is 5.32 Å². The molecule has 0 unspecified atom stereocenters. The molecule has 2 aromatic heterocycles. The number of benzene rings is 1. The van der Waals surface area contributed by atoms with Crippen LogP contribution in [0.25, 0.3) is 5.65 Å². The summed E-state index contributed by atoms with van der Waals surface area (Å²) in [6.45, 7) is 5.62. The largest absolute Gasteiger partial charge is 0.326 e. The minimum absolute atomic E-state index is 0.121. The second-order valence-corrected chi connectivity index (χ2v) is 5.80. The van der Waals surface area contributed by atoms with E-state index in [2.05, 4.69) is 20.6 Å². The van der Waals surface area contributed by atoms with Crippen LogP contribution in [0.15, 0.2) is 24.5 Å². The highest BCUT2D eigenvalue weighted by molar-refractivity contribution is 5.91. The van der Waals surface area contributed by atoms with Crippen LogP contribution in [0, 0.1) is 26.6 Å². The van der Waals surface area contributed by atoms with Gasteiger partial charge >= 0.3 is 0 Å². The van der Waals surface area contributed by atoms with Gasteiger partial charge in [-0.1, -0.05) is 0 Å². The van der Waals surface area contributed by atoms with Crippen LogP contribution in [0.2, 0.25) is 0 Å². The maximum absolute atomic E-state index is 13.1. The van der Waals surface area contributed by atoms with Crippen molar-refractivity contribution in [1.82, 2.24) is 19.8 Å². The van der Waals surface area contributed by atoms with E-state index in [0.29, 0.717) is 29.7 Å². The quantitative estimate of drug-likeness (QED) is 0.800. The summed E-state index contributed by atoms with van der Waals surface area (Å²) in [5, 5.41) is 15.1. The third-order valence-corrected chi connectivity index (χ3v) is 4.08. The summed E-state index contributed by atoms with van der Waals surface area (Å²) < 4.78 is 14.7. The number of carbonyl (C=O) groups excluding carboxylic acids is 1. The van der Waals surface area contributed by atoms with E-state index in [4.69, 9.17) is 0 Å². The van der Waals surface area contributed by atoms with Crippen molar-refractivity contribution in [3.8, 4) is 0 Å². The van der Waals surface area contributed by atoms with Gasteiger partial charge in [-0.15, -0.1) is 10.2 Å². The second kappa shape index (κ2) is 6.35. The zero-order chi connectivity index (χ0) is 17.3. The molecule has 1 N–H and O–H groups in total. The molecule has 3 rings (SSSR count). The Morgan fingerprint density at radius 1 is 1.29 bits per heavy atom. The minimum atomic E-state index is -0.315. The van der Waals surface area contributed by atoms with E-state index in [1.165, 1.54) is 12.1 Å². The number of fused-ring (bicyclic) bond motifs is 1. The Hall–Kier alpha value is -2.83. The van der Waals surface area contributed by atoms with Crippen LogP contribution in [-0.4, -0.2) is 25.7 Å². The number of anilines is 1. The number of nitrogens with zero attached hydrogens (tertiary/aromatic N) is 4. The third-order valence-electron chi connectivity index (χ3n) is 4.08. The Morgan fingerprint density at radius 2 is 2.08 bits per heavy atom. The van der Waals surface area contributed by atoms with Crippen molar-refractivity contribution in [2.75, 3.05) is 5.32 Å². The fraction of sp³-hybridized carbons (Fsp3) is 0.294. The number of amides is 1. The maximum Gasteiger partial charge on any atom is 0.224 e. The number of carbonyl (C=O) groups is 1. The number of rotatable bonds is 4. The van der Waals surface area contributed by atoms with Crippen molar-refractivity contribution < 1.29 is 9.18 Å². The first kappa shape index (κ1) is 16.0. The lowest BCUT2D eigenvalue weighted by Crippen LogP contribution is -2.14. The van der Waals surface area contributed by atoms with Crippen molar-refractivity contribution in [2.45, 2.75) is 33.6 Å². The van der Waals surface area contributed by atoms with E-state index >= 15 is 0 Å². The molecule has 0 aliphatic heterocycles. The molecule has 0 atom stereocenters. The van der Waals surface area contributed by atoms with Crippen LogP contribution >= 0.6 is 0 Å². The van der Waals surface area contributed by atoms with Gasteiger partial charge in [-0.05, 0) is 56.5 Å². The minimum Gasteiger partial charge on any atom is -0.326 e. The molecule has 0 radical (unpaired) electrons. The number of halogens is 1. The highest BCUT2D eigenvalue weighted by Gasteiger charge is 2.13. The molecule has 1 aromatic carbocycles. The monoisotopic (exact) mass is 327 g/mol. The fourth-order valence-corrected chi connectivity index (χ4v) is 2.77. The van der Waals surface area contributed by atoms with E-state index in [9.17, 15) is 9.18 Å². The Morgan fingerprint density at radius 3 is 2.83 bits per heavy atom. The molecular formula is C17H18FN5O. The smallest absolute Gasteiger partial charge is 0.224 e. The molecule has 0 aliphatic carbocycles. The van der Waals surface area contributed by atoms with Crippen LogP contribution in [0.4, 0.5) is 10.1 Å². The summed E-state index contributed by atoms with van der Waals surface area (Å²) in [6.07, 6.45) is 2.42. The first-order valence-corrected chi connectivity index (χ1v) is 7.68. The summed E-state index contributed by atoms with van der Waals surface area (Å²) >= 11 is 0. The summed E-state index contributed by atoms with van der Waals surface area (Å²) in [7, 11) is 0. The molecular weight excluding hydrogens is 309 g/mol. The lowest BCUT2D eigenvalue weighted by atomic mass is 10.0. The molecule has 0 bridgehead atoms. The Balaban J connectivity index is 1.72. The average molecular weight is 327 g/mol. The fourth-order valence-electron chi connectivity index (χ4n) is 2.77. The molecule has 124 valence electrons. The summed E-state index contributed by atoms with van der Waals surface area (Å²) in [4.78, 5) is 12.2. The molecule has 0 aliphatic rings. The highest BCUT2D eigenvalue weighted by Crippen LogP contribution is 2.19. The van der Waals surface area contributed by atoms with Crippen molar-refractivity contribution in [3.63, 3.8) is 0 Å². The van der Waals surface area contributed by atoms with Crippen LogP contribution in [0.5, 0.6) is 0 Å². The Kier molecular flexibility index (Phi) is 4.24.